The third kappa shape index (κ3) is 11.8. The lowest BCUT2D eigenvalue weighted by molar-refractivity contribution is -0.131. The van der Waals surface area contributed by atoms with Crippen molar-refractivity contribution < 1.29 is 27.5 Å². The van der Waals surface area contributed by atoms with Gasteiger partial charge in [-0.1, -0.05) is 47.6 Å². The summed E-state index contributed by atoms with van der Waals surface area (Å²) in [6.07, 6.45) is 0. The molecule has 0 saturated carbocycles. The molecule has 0 atom stereocenters. The molecular weight excluding hydrogens is 439 g/mol. The van der Waals surface area contributed by atoms with Crippen molar-refractivity contribution in [3.63, 3.8) is 0 Å². The number of rotatable bonds is 4. The molecule has 180 valence electrons. The van der Waals surface area contributed by atoms with Gasteiger partial charge in [-0.15, -0.1) is 0 Å². The van der Waals surface area contributed by atoms with E-state index >= 15 is 0 Å². The first-order valence-corrected chi connectivity index (χ1v) is 11.3. The lowest BCUT2D eigenvalue weighted by atomic mass is 10.0. The van der Waals surface area contributed by atoms with Gasteiger partial charge in [0.05, 0.1) is 5.56 Å². The fourth-order valence-electron chi connectivity index (χ4n) is 2.34. The molecule has 0 bridgehead atoms. The largest absolute Gasteiger partial charge is 0.446 e. The molecule has 2 rings (SSSR count). The molecule has 0 spiro atoms. The summed E-state index contributed by atoms with van der Waals surface area (Å²) in [6, 6.07) is 8.64. The quantitative estimate of drug-likeness (QED) is 0.276. The average molecular weight is 474 g/mol. The topological polar surface area (TPSA) is 55.4 Å². The monoisotopic (exact) mass is 473 g/mol. The SMILES string of the molecule is CC.CC.CC.CC(=O)Oc1c(C)cc(C)cc1C(=O)Nc1ccc(SC(F)(F)F)cc1. The predicted octanol–water partition coefficient (Wildman–Crippen LogP) is 8.17. The third-order valence-electron chi connectivity index (χ3n) is 3.26. The normalized spacial score (nSPS) is 9.62. The lowest BCUT2D eigenvalue weighted by Gasteiger charge is -2.13. The number of carbonyl (C=O) groups is 2. The van der Waals surface area contributed by atoms with Gasteiger partial charge in [0.15, 0.2) is 0 Å². The van der Waals surface area contributed by atoms with E-state index in [0.29, 0.717) is 11.3 Å². The minimum Gasteiger partial charge on any atom is -0.426 e. The summed E-state index contributed by atoms with van der Waals surface area (Å²) in [5.41, 5.74) is -2.44. The van der Waals surface area contributed by atoms with Crippen LogP contribution in [0.1, 0.15) is 70.0 Å². The summed E-state index contributed by atoms with van der Waals surface area (Å²) in [6.45, 7) is 16.7. The van der Waals surface area contributed by atoms with E-state index in [2.05, 4.69) is 5.32 Å². The first kappa shape index (κ1) is 31.7. The number of anilines is 1. The predicted molar refractivity (Wildman–Crippen MR) is 128 cm³/mol. The molecular formula is C24H34F3NO3S. The number of hydrogen-bond acceptors (Lipinski definition) is 4. The highest BCUT2D eigenvalue weighted by atomic mass is 32.2. The van der Waals surface area contributed by atoms with Crippen LogP contribution in [0.4, 0.5) is 18.9 Å². The molecule has 0 heterocycles. The van der Waals surface area contributed by atoms with Crippen LogP contribution in [0.15, 0.2) is 41.3 Å². The number of ether oxygens (including phenoxy) is 1. The molecule has 2 aromatic carbocycles. The van der Waals surface area contributed by atoms with E-state index in [1.54, 1.807) is 26.0 Å². The Morgan fingerprint density at radius 3 is 1.84 bits per heavy atom. The molecule has 0 aromatic heterocycles. The van der Waals surface area contributed by atoms with Gasteiger partial charge in [0.25, 0.3) is 5.91 Å². The summed E-state index contributed by atoms with van der Waals surface area (Å²) in [7, 11) is 0. The summed E-state index contributed by atoms with van der Waals surface area (Å²) in [5.74, 6) is -0.923. The first-order valence-electron chi connectivity index (χ1n) is 10.5. The van der Waals surface area contributed by atoms with E-state index in [0.717, 1.165) is 5.56 Å². The standard InChI is InChI=1S/C18H16F3NO3S.3C2H6/c1-10-8-11(2)16(25-12(3)23)15(9-10)17(24)22-13-4-6-14(7-5-13)26-18(19,20)21;3*1-2/h4-9H,1-3H3,(H,22,24);3*1-2H3. The molecule has 2 aromatic rings. The second-order valence-corrected chi connectivity index (χ2v) is 6.72. The number of hydrogen-bond donors (Lipinski definition) is 1. The molecule has 1 N–H and O–H groups in total. The van der Waals surface area contributed by atoms with E-state index in [9.17, 15) is 22.8 Å². The number of halogens is 3. The van der Waals surface area contributed by atoms with Crippen molar-refractivity contribution in [3.8, 4) is 5.75 Å². The van der Waals surface area contributed by atoms with E-state index in [-0.39, 0.29) is 28.0 Å². The van der Waals surface area contributed by atoms with Crippen LogP contribution in [-0.2, 0) is 4.79 Å². The fraction of sp³-hybridized carbons (Fsp3) is 0.417. The van der Waals surface area contributed by atoms with Crippen LogP contribution < -0.4 is 10.1 Å². The van der Waals surface area contributed by atoms with Gasteiger partial charge < -0.3 is 10.1 Å². The van der Waals surface area contributed by atoms with Crippen molar-refractivity contribution in [2.75, 3.05) is 5.32 Å². The third-order valence-corrected chi connectivity index (χ3v) is 3.99. The molecule has 0 aliphatic rings. The zero-order valence-electron chi connectivity index (χ0n) is 20.2. The zero-order valence-corrected chi connectivity index (χ0v) is 21.0. The Morgan fingerprint density at radius 1 is 0.906 bits per heavy atom. The number of carbonyl (C=O) groups excluding carboxylic acids is 2. The highest BCUT2D eigenvalue weighted by Gasteiger charge is 2.29. The van der Waals surface area contributed by atoms with Crippen LogP contribution in [0.5, 0.6) is 5.75 Å². The molecule has 32 heavy (non-hydrogen) atoms. The maximum absolute atomic E-state index is 12.5. The molecule has 0 aliphatic carbocycles. The van der Waals surface area contributed by atoms with Gasteiger partial charge >= 0.3 is 11.5 Å². The number of aryl methyl sites for hydroxylation is 2. The Balaban J connectivity index is 0. The van der Waals surface area contributed by atoms with Crippen LogP contribution in [0.3, 0.4) is 0 Å². The minimum absolute atomic E-state index is 0.0162. The second kappa shape index (κ2) is 16.2. The highest BCUT2D eigenvalue weighted by molar-refractivity contribution is 8.00. The Hall–Kier alpha value is -2.48. The lowest BCUT2D eigenvalue weighted by Crippen LogP contribution is -2.16. The number of benzene rings is 2. The van der Waals surface area contributed by atoms with Gasteiger partial charge in [-0.25, -0.2) is 0 Å². The molecule has 0 saturated heterocycles. The van der Waals surface area contributed by atoms with Crippen LogP contribution >= 0.6 is 11.8 Å². The molecule has 0 unspecified atom stereocenters. The van der Waals surface area contributed by atoms with Gasteiger partial charge in [0.2, 0.25) is 0 Å². The zero-order chi connectivity index (χ0) is 25.5. The smallest absolute Gasteiger partial charge is 0.426 e. The maximum atomic E-state index is 12.5. The summed E-state index contributed by atoms with van der Waals surface area (Å²) in [5, 5.41) is 2.60. The van der Waals surface area contributed by atoms with Crippen molar-refractivity contribution in [2.24, 2.45) is 0 Å². The van der Waals surface area contributed by atoms with Crippen molar-refractivity contribution in [1.82, 2.24) is 0 Å². The number of esters is 1. The van der Waals surface area contributed by atoms with E-state index in [4.69, 9.17) is 4.74 Å². The van der Waals surface area contributed by atoms with Gasteiger partial charge in [-0.05, 0) is 67.1 Å². The second-order valence-electron chi connectivity index (χ2n) is 5.58. The average Bonchev–Trinajstić information content (AvgIpc) is 2.74. The van der Waals surface area contributed by atoms with Gasteiger partial charge in [0, 0.05) is 17.5 Å². The van der Waals surface area contributed by atoms with Crippen LogP contribution in [0.25, 0.3) is 0 Å². The molecule has 0 fully saturated rings. The molecule has 4 nitrogen and oxygen atoms in total. The molecule has 0 aliphatic heterocycles. The number of nitrogens with one attached hydrogen (secondary N) is 1. The Bertz CT molecular complexity index is 836. The Labute approximate surface area is 193 Å². The maximum Gasteiger partial charge on any atom is 0.446 e. The van der Waals surface area contributed by atoms with E-state index < -0.39 is 17.4 Å². The van der Waals surface area contributed by atoms with Gasteiger partial charge in [0.1, 0.15) is 5.75 Å². The van der Waals surface area contributed by atoms with Gasteiger partial charge in [-0.2, -0.15) is 13.2 Å². The van der Waals surface area contributed by atoms with Crippen LogP contribution in [-0.4, -0.2) is 17.4 Å². The Kier molecular flexibility index (Phi) is 16.0. The fourth-order valence-corrected chi connectivity index (χ4v) is 2.88. The molecule has 0 radical (unpaired) electrons. The van der Waals surface area contributed by atoms with Crippen molar-refractivity contribution in [1.29, 1.82) is 0 Å². The molecule has 1 amide bonds. The van der Waals surface area contributed by atoms with Gasteiger partial charge in [-0.3, -0.25) is 9.59 Å². The Morgan fingerprint density at radius 2 is 1.41 bits per heavy atom. The van der Waals surface area contributed by atoms with Crippen LogP contribution in [0.2, 0.25) is 0 Å². The van der Waals surface area contributed by atoms with Crippen LogP contribution in [0, 0.1) is 13.8 Å². The summed E-state index contributed by atoms with van der Waals surface area (Å²) < 4.78 is 42.2. The summed E-state index contributed by atoms with van der Waals surface area (Å²) in [4.78, 5) is 23.9. The number of thioether (sulfide) groups is 1. The van der Waals surface area contributed by atoms with Crippen molar-refractivity contribution in [3.05, 3.63) is 53.1 Å². The summed E-state index contributed by atoms with van der Waals surface area (Å²) >= 11 is -0.232. The number of alkyl halides is 3. The van der Waals surface area contributed by atoms with E-state index in [1.807, 2.05) is 41.5 Å². The van der Waals surface area contributed by atoms with Crippen molar-refractivity contribution in [2.45, 2.75) is 72.7 Å². The highest BCUT2D eigenvalue weighted by Crippen LogP contribution is 2.37. The minimum atomic E-state index is -4.37. The van der Waals surface area contributed by atoms with Crippen molar-refractivity contribution >= 4 is 29.3 Å². The van der Waals surface area contributed by atoms with E-state index in [1.165, 1.54) is 31.2 Å². The first-order chi connectivity index (χ1) is 15.0. The molecule has 8 heteroatoms. The number of amides is 1.